The van der Waals surface area contributed by atoms with E-state index in [1.807, 2.05) is 13.0 Å². The monoisotopic (exact) mass is 934 g/mol. The highest BCUT2D eigenvalue weighted by Crippen LogP contribution is 2.33. The molecule has 3 saturated heterocycles. The molecule has 12 N–H and O–H groups in total. The number of unbranched alkanes of at least 4 members (excludes halogenated alkanes) is 9. The van der Waals surface area contributed by atoms with Crippen LogP contribution in [0.2, 0.25) is 0 Å². The molecule has 0 aliphatic carbocycles. The number of rotatable bonds is 30. The third kappa shape index (κ3) is 18.6. The fourth-order valence-corrected chi connectivity index (χ4v) is 7.68. The van der Waals surface area contributed by atoms with Gasteiger partial charge in [0.1, 0.15) is 73.2 Å². The first kappa shape index (κ1) is 57.1. The van der Waals surface area contributed by atoms with Crippen molar-refractivity contribution in [3.8, 4) is 0 Å². The molecule has 3 heterocycles. The van der Waals surface area contributed by atoms with Crippen LogP contribution >= 0.6 is 0 Å². The predicted octanol–water partition coefficient (Wildman–Crippen LogP) is 0.0230. The van der Waals surface area contributed by atoms with Crippen LogP contribution in [0.15, 0.2) is 48.6 Å². The summed E-state index contributed by atoms with van der Waals surface area (Å²) in [6, 6.07) is -0.995. The molecule has 19 heteroatoms. The number of aliphatic hydroxyl groups is 11. The summed E-state index contributed by atoms with van der Waals surface area (Å²) in [5.41, 5.74) is 0. The molecule has 0 bridgehead atoms. The van der Waals surface area contributed by atoms with Crippen LogP contribution in [0.25, 0.3) is 0 Å². The summed E-state index contributed by atoms with van der Waals surface area (Å²) in [5, 5.41) is 119. The van der Waals surface area contributed by atoms with Crippen LogP contribution in [0.1, 0.15) is 104 Å². The summed E-state index contributed by atoms with van der Waals surface area (Å²) in [4.78, 5) is 13.1. The molecule has 3 fully saturated rings. The molecule has 376 valence electrons. The zero-order valence-electron chi connectivity index (χ0n) is 37.9. The summed E-state index contributed by atoms with van der Waals surface area (Å²) in [6.07, 6.45) is 1.73. The van der Waals surface area contributed by atoms with Crippen LogP contribution < -0.4 is 5.32 Å². The SMILES string of the molecule is C/C=C/CC/C=C/CC/C=C/C(O)C(COC1OC(CO)C(OC2OC(CO)C(OC3OC(CO)C(O)C(O)C3O)C(O)C2O)C(O)C1O)NC(=O)CCCCCCC/C=C\CCCC. The molecule has 19 nitrogen and oxygen atoms in total. The standard InChI is InChI=1S/C46H79NO18/c1-3-5-7-9-11-13-14-16-18-20-22-24-34(52)47-29(30(51)23-21-19-17-15-12-10-8-6-4-2)28-60-44-40(58)37(55)42(32(26-49)62-44)65-46-41(59)38(56)43(33(27-50)63-46)64-45-39(57)36(54)35(53)31(25-48)61-45/h4,6,9,11-12,15,21,23,29-33,35-46,48-51,53-59H,3,5,7-8,10,13-14,16-20,22,24-28H2,1-2H3,(H,47,52)/b6-4+,11-9-,15-12+,23-21+. The largest absolute Gasteiger partial charge is 0.394 e. The van der Waals surface area contributed by atoms with Gasteiger partial charge in [-0.05, 0) is 58.3 Å². The van der Waals surface area contributed by atoms with Crippen molar-refractivity contribution in [2.45, 2.75) is 208 Å². The van der Waals surface area contributed by atoms with E-state index in [9.17, 15) is 61.0 Å². The minimum absolute atomic E-state index is 0.219. The van der Waals surface area contributed by atoms with Gasteiger partial charge in [-0.25, -0.2) is 0 Å². The van der Waals surface area contributed by atoms with E-state index in [4.69, 9.17) is 28.4 Å². The van der Waals surface area contributed by atoms with Crippen LogP contribution in [-0.2, 0) is 33.2 Å². The van der Waals surface area contributed by atoms with Gasteiger partial charge in [0.15, 0.2) is 18.9 Å². The molecular formula is C46H79NO18. The summed E-state index contributed by atoms with van der Waals surface area (Å²) < 4.78 is 33.9. The van der Waals surface area contributed by atoms with Crippen molar-refractivity contribution < 1.29 is 89.4 Å². The molecule has 65 heavy (non-hydrogen) atoms. The van der Waals surface area contributed by atoms with Crippen molar-refractivity contribution >= 4 is 5.91 Å². The average molecular weight is 934 g/mol. The molecule has 3 rings (SSSR count). The van der Waals surface area contributed by atoms with E-state index in [-0.39, 0.29) is 18.9 Å². The first-order valence-electron chi connectivity index (χ1n) is 23.4. The second kappa shape index (κ2) is 31.7. The molecule has 0 spiro atoms. The van der Waals surface area contributed by atoms with Gasteiger partial charge in [0.25, 0.3) is 0 Å². The highest BCUT2D eigenvalue weighted by molar-refractivity contribution is 5.76. The van der Waals surface area contributed by atoms with E-state index in [1.54, 1.807) is 12.2 Å². The Kier molecular flexibility index (Phi) is 27.9. The molecule has 0 saturated carbocycles. The summed E-state index contributed by atoms with van der Waals surface area (Å²) in [7, 11) is 0. The van der Waals surface area contributed by atoms with E-state index in [0.29, 0.717) is 12.8 Å². The van der Waals surface area contributed by atoms with Crippen molar-refractivity contribution in [2.75, 3.05) is 26.4 Å². The van der Waals surface area contributed by atoms with Gasteiger partial charge in [-0.15, -0.1) is 0 Å². The topological polar surface area (TPSA) is 307 Å². The fourth-order valence-electron chi connectivity index (χ4n) is 7.68. The Bertz CT molecular complexity index is 1400. The van der Waals surface area contributed by atoms with Gasteiger partial charge >= 0.3 is 0 Å². The Balaban J connectivity index is 1.61. The first-order valence-corrected chi connectivity index (χ1v) is 23.4. The number of carbonyl (C=O) groups is 1. The highest BCUT2D eigenvalue weighted by Gasteiger charge is 2.53. The predicted molar refractivity (Wildman–Crippen MR) is 235 cm³/mol. The van der Waals surface area contributed by atoms with Gasteiger partial charge < -0.3 is 89.9 Å². The average Bonchev–Trinajstić information content (AvgIpc) is 3.30. The van der Waals surface area contributed by atoms with Crippen LogP contribution in [0.4, 0.5) is 0 Å². The molecule has 17 atom stereocenters. The van der Waals surface area contributed by atoms with E-state index in [1.165, 1.54) is 12.8 Å². The van der Waals surface area contributed by atoms with E-state index in [0.717, 1.165) is 57.8 Å². The van der Waals surface area contributed by atoms with Crippen LogP contribution in [0.3, 0.4) is 0 Å². The molecular weight excluding hydrogens is 854 g/mol. The molecule has 17 unspecified atom stereocenters. The first-order chi connectivity index (χ1) is 31.3. The maximum absolute atomic E-state index is 13.1. The van der Waals surface area contributed by atoms with Crippen molar-refractivity contribution in [1.29, 1.82) is 0 Å². The van der Waals surface area contributed by atoms with Crippen LogP contribution in [0.5, 0.6) is 0 Å². The molecule has 0 radical (unpaired) electrons. The molecule has 3 aliphatic rings. The normalized spacial score (nSPS) is 34.6. The lowest BCUT2D eigenvalue weighted by atomic mass is 9.96. The van der Waals surface area contributed by atoms with Gasteiger partial charge in [0.2, 0.25) is 5.91 Å². The fraction of sp³-hybridized carbons (Fsp3) is 0.804. The Morgan fingerprint density at radius 1 is 0.569 bits per heavy atom. The Hall–Kier alpha value is -2.25. The van der Waals surface area contributed by atoms with Crippen molar-refractivity contribution in [3.63, 3.8) is 0 Å². The Morgan fingerprint density at radius 2 is 1.05 bits per heavy atom. The zero-order valence-corrected chi connectivity index (χ0v) is 37.9. The van der Waals surface area contributed by atoms with Gasteiger partial charge in [0.05, 0.1) is 38.6 Å². The third-order valence-electron chi connectivity index (χ3n) is 11.7. The number of hydrogen-bond acceptors (Lipinski definition) is 18. The second-order valence-corrected chi connectivity index (χ2v) is 16.9. The quantitative estimate of drug-likeness (QED) is 0.0334. The second-order valence-electron chi connectivity index (χ2n) is 16.9. The maximum atomic E-state index is 13.1. The summed E-state index contributed by atoms with van der Waals surface area (Å²) in [6.45, 7) is 1.33. The Labute approximate surface area is 383 Å². The summed E-state index contributed by atoms with van der Waals surface area (Å²) in [5.74, 6) is -0.309. The van der Waals surface area contributed by atoms with Gasteiger partial charge in [-0.3, -0.25) is 4.79 Å². The lowest BCUT2D eigenvalue weighted by molar-refractivity contribution is -0.379. The lowest BCUT2D eigenvalue weighted by Crippen LogP contribution is -2.66. The lowest BCUT2D eigenvalue weighted by Gasteiger charge is -2.48. The molecule has 0 aromatic rings. The molecule has 0 aromatic heterocycles. The number of hydrogen-bond donors (Lipinski definition) is 12. The van der Waals surface area contributed by atoms with E-state index < -0.39 is 124 Å². The van der Waals surface area contributed by atoms with Crippen molar-refractivity contribution in [2.24, 2.45) is 0 Å². The van der Waals surface area contributed by atoms with Crippen molar-refractivity contribution in [3.05, 3.63) is 48.6 Å². The number of allylic oxidation sites excluding steroid dienone is 7. The van der Waals surface area contributed by atoms with Gasteiger partial charge in [-0.1, -0.05) is 87.6 Å². The molecule has 1 amide bonds. The van der Waals surface area contributed by atoms with Crippen molar-refractivity contribution in [1.82, 2.24) is 5.32 Å². The van der Waals surface area contributed by atoms with E-state index in [2.05, 4.69) is 42.6 Å². The maximum Gasteiger partial charge on any atom is 0.220 e. The smallest absolute Gasteiger partial charge is 0.220 e. The number of ether oxygens (including phenoxy) is 6. The van der Waals surface area contributed by atoms with Crippen LogP contribution in [0, 0.1) is 0 Å². The number of carbonyl (C=O) groups excluding carboxylic acids is 1. The number of amides is 1. The number of aliphatic hydroxyl groups excluding tert-OH is 11. The van der Waals surface area contributed by atoms with Crippen LogP contribution in [-0.4, -0.2) is 193 Å². The Morgan fingerprint density at radius 3 is 1.63 bits per heavy atom. The minimum atomic E-state index is -1.98. The minimum Gasteiger partial charge on any atom is -0.394 e. The summed E-state index contributed by atoms with van der Waals surface area (Å²) >= 11 is 0. The highest BCUT2D eigenvalue weighted by atomic mass is 16.8. The van der Waals surface area contributed by atoms with E-state index >= 15 is 0 Å². The molecule has 0 aromatic carbocycles. The van der Waals surface area contributed by atoms with Gasteiger partial charge in [0, 0.05) is 6.42 Å². The molecule has 3 aliphatic heterocycles. The zero-order chi connectivity index (χ0) is 47.7. The third-order valence-corrected chi connectivity index (χ3v) is 11.7. The number of nitrogens with one attached hydrogen (secondary N) is 1. The van der Waals surface area contributed by atoms with Gasteiger partial charge in [-0.2, -0.15) is 0 Å².